The van der Waals surface area contributed by atoms with E-state index in [9.17, 15) is 0 Å². The Balaban J connectivity index is 3.19. The lowest BCUT2D eigenvalue weighted by molar-refractivity contribution is 1.59. The molecule has 0 bridgehead atoms. The maximum absolute atomic E-state index is 5.89. The second-order valence-corrected chi connectivity index (χ2v) is 21.1. The molecule has 0 amide bonds. The van der Waals surface area contributed by atoms with Crippen LogP contribution in [-0.2, 0) is 0 Å². The van der Waals surface area contributed by atoms with E-state index in [1.165, 1.54) is 11.3 Å². The molecule has 0 spiro atoms. The quantitative estimate of drug-likeness (QED) is 0.553. The Kier molecular flexibility index (Phi) is 4.61. The van der Waals surface area contributed by atoms with Gasteiger partial charge in [-0.2, -0.15) is 0 Å². The van der Waals surface area contributed by atoms with Crippen molar-refractivity contribution in [2.45, 2.75) is 6.92 Å². The van der Waals surface area contributed by atoms with E-state index >= 15 is 0 Å². The van der Waals surface area contributed by atoms with Gasteiger partial charge >= 0.3 is 12.0 Å². The van der Waals surface area contributed by atoms with Gasteiger partial charge in [0.1, 0.15) is 0 Å². The zero-order valence-electron chi connectivity index (χ0n) is 6.75. The normalized spacial score (nSPS) is 13.4. The van der Waals surface area contributed by atoms with Crippen LogP contribution in [-0.4, -0.2) is 12.0 Å². The molecule has 0 aliphatic heterocycles. The van der Waals surface area contributed by atoms with Crippen molar-refractivity contribution in [1.82, 2.24) is 0 Å². The van der Waals surface area contributed by atoms with Gasteiger partial charge in [-0.25, -0.2) is 0 Å². The predicted octanol–water partition coefficient (Wildman–Crippen LogP) is 3.78. The third-order valence-corrected chi connectivity index (χ3v) is 11.9. The second-order valence-electron chi connectivity index (χ2n) is 2.62. The van der Waals surface area contributed by atoms with Crippen LogP contribution in [0.3, 0.4) is 0 Å². The van der Waals surface area contributed by atoms with Gasteiger partial charge in [-0.1, -0.05) is 0 Å². The van der Waals surface area contributed by atoms with Gasteiger partial charge in [-0.05, 0) is 18.6 Å². The van der Waals surface area contributed by atoms with Gasteiger partial charge in [-0.3, -0.25) is 0 Å². The van der Waals surface area contributed by atoms with E-state index in [0.717, 1.165) is 10.1 Å². The van der Waals surface area contributed by atoms with Gasteiger partial charge in [0.15, 0.2) is 0 Å². The molecule has 0 saturated carbocycles. The summed E-state index contributed by atoms with van der Waals surface area (Å²) in [5, 5.41) is 0. The summed E-state index contributed by atoms with van der Waals surface area (Å²) >= 11 is 36.6. The first kappa shape index (κ1) is 13.9. The van der Waals surface area contributed by atoms with Crippen LogP contribution < -0.4 is 9.00 Å². The SMILES string of the molecule is Cc1cc([Si](Cl)(Cl)Cl)sc1[Si](Cl)(Cl)Cl. The minimum atomic E-state index is -2.85. The largest absolute Gasteiger partial charge is 0.383 e. The second kappa shape index (κ2) is 4.63. The van der Waals surface area contributed by atoms with Crippen molar-refractivity contribution in [2.75, 3.05) is 0 Å². The first-order chi connectivity index (χ1) is 6.12. The standard InChI is InChI=1S/C5H4Cl6SSi2/c1-3-2-4(13(6,7)8)12-5(3)14(9,10)11/h2H,1H3. The molecule has 1 aromatic heterocycles. The predicted molar refractivity (Wildman–Crippen MR) is 75.0 cm³/mol. The Morgan fingerprint density at radius 3 is 1.71 bits per heavy atom. The van der Waals surface area contributed by atoms with Crippen molar-refractivity contribution >= 4 is 98.8 Å². The summed E-state index contributed by atoms with van der Waals surface area (Å²) in [6.07, 6.45) is 0. The first-order valence-corrected chi connectivity index (χ1v) is 14.3. The van der Waals surface area contributed by atoms with Gasteiger partial charge in [0.05, 0.1) is 0 Å². The molecule has 0 aliphatic carbocycles. The number of aryl methyl sites for hydroxylation is 1. The fraction of sp³-hybridized carbons (Fsp3) is 0.200. The van der Waals surface area contributed by atoms with E-state index in [1.807, 2.05) is 6.92 Å². The summed E-state index contributed by atoms with van der Waals surface area (Å²) in [5.74, 6) is 0. The number of thiophene rings is 1. The van der Waals surface area contributed by atoms with Crippen molar-refractivity contribution in [3.8, 4) is 0 Å². The van der Waals surface area contributed by atoms with E-state index < -0.39 is 12.0 Å². The molecule has 1 rings (SSSR count). The third-order valence-electron chi connectivity index (χ3n) is 1.45. The maximum atomic E-state index is 5.89. The van der Waals surface area contributed by atoms with E-state index in [0.29, 0.717) is 4.50 Å². The van der Waals surface area contributed by atoms with Crippen molar-refractivity contribution in [3.05, 3.63) is 11.6 Å². The van der Waals surface area contributed by atoms with E-state index in [-0.39, 0.29) is 0 Å². The van der Waals surface area contributed by atoms with Crippen LogP contribution in [0.25, 0.3) is 0 Å². The molecule has 0 atom stereocenters. The Morgan fingerprint density at radius 1 is 1.00 bits per heavy atom. The summed E-state index contributed by atoms with van der Waals surface area (Å²) in [5.41, 5.74) is 0.899. The lowest BCUT2D eigenvalue weighted by Crippen LogP contribution is -2.31. The highest BCUT2D eigenvalue weighted by molar-refractivity contribution is 7.77. The highest BCUT2D eigenvalue weighted by Crippen LogP contribution is 2.27. The van der Waals surface area contributed by atoms with E-state index in [2.05, 4.69) is 0 Å². The molecule has 9 heteroatoms. The Morgan fingerprint density at radius 2 is 1.50 bits per heavy atom. The van der Waals surface area contributed by atoms with Gasteiger partial charge in [0.2, 0.25) is 0 Å². The van der Waals surface area contributed by atoms with Crippen LogP contribution in [0.2, 0.25) is 0 Å². The molecule has 0 radical (unpaired) electrons. The van der Waals surface area contributed by atoms with Gasteiger partial charge in [-0.15, -0.1) is 77.8 Å². The molecule has 0 fully saturated rings. The van der Waals surface area contributed by atoms with Crippen molar-refractivity contribution in [3.63, 3.8) is 0 Å². The van der Waals surface area contributed by atoms with Crippen molar-refractivity contribution < 1.29 is 0 Å². The molecule has 0 aromatic carbocycles. The molecule has 0 nitrogen and oxygen atoms in total. The Hall–Kier alpha value is 1.87. The summed E-state index contributed by atoms with van der Waals surface area (Å²) in [4.78, 5) is 0. The van der Waals surface area contributed by atoms with Crippen LogP contribution >= 0.6 is 77.8 Å². The molecule has 14 heavy (non-hydrogen) atoms. The molecule has 0 N–H and O–H groups in total. The number of halogens is 6. The van der Waals surface area contributed by atoms with Crippen LogP contribution in [0.4, 0.5) is 0 Å². The monoisotopic (exact) mass is 362 g/mol. The van der Waals surface area contributed by atoms with E-state index in [1.54, 1.807) is 6.07 Å². The summed E-state index contributed by atoms with van der Waals surface area (Å²) in [6.45, 7) is 1.86. The van der Waals surface area contributed by atoms with Crippen LogP contribution in [0.1, 0.15) is 5.56 Å². The van der Waals surface area contributed by atoms with Gasteiger partial charge in [0.25, 0.3) is 0 Å². The lowest BCUT2D eigenvalue weighted by atomic mass is 10.4. The molecule has 0 aliphatic rings. The van der Waals surface area contributed by atoms with Crippen LogP contribution in [0.5, 0.6) is 0 Å². The highest BCUT2D eigenvalue weighted by Gasteiger charge is 2.37. The minimum Gasteiger partial charge on any atom is -0.146 e. The minimum absolute atomic E-state index is 0.717. The number of hydrogen-bond donors (Lipinski definition) is 0. The molecule has 0 saturated heterocycles. The van der Waals surface area contributed by atoms with Gasteiger partial charge in [0, 0.05) is 9.00 Å². The molecule has 80 valence electrons. The number of rotatable bonds is 2. The molecule has 1 aromatic rings. The zero-order valence-corrected chi connectivity index (χ0v) is 14.1. The van der Waals surface area contributed by atoms with Crippen LogP contribution in [0.15, 0.2) is 6.07 Å². The highest BCUT2D eigenvalue weighted by atomic mass is 35.8. The van der Waals surface area contributed by atoms with Crippen molar-refractivity contribution in [2.24, 2.45) is 0 Å². The smallest absolute Gasteiger partial charge is 0.146 e. The molecular formula is C5H4Cl6SSi2. The first-order valence-electron chi connectivity index (χ1n) is 3.37. The summed E-state index contributed by atoms with van der Waals surface area (Å²) in [7, 11) is 0. The molecule has 0 unspecified atom stereocenters. The fourth-order valence-corrected chi connectivity index (χ4v) is 8.26. The molecule has 1 heterocycles. The fourth-order valence-electron chi connectivity index (χ4n) is 0.903. The summed E-state index contributed by atoms with van der Waals surface area (Å²) in [6, 6.07) is -3.90. The average molecular weight is 365 g/mol. The lowest BCUT2D eigenvalue weighted by Gasteiger charge is -2.06. The zero-order chi connectivity index (χ0) is 11.1. The maximum Gasteiger partial charge on any atom is 0.383 e. The van der Waals surface area contributed by atoms with Crippen LogP contribution in [0, 0.1) is 6.92 Å². The number of hydrogen-bond acceptors (Lipinski definition) is 1. The third kappa shape index (κ3) is 3.43. The average Bonchev–Trinajstić information content (AvgIpc) is 2.27. The molecular weight excluding hydrogens is 361 g/mol. The van der Waals surface area contributed by atoms with E-state index in [4.69, 9.17) is 66.5 Å². The Labute approximate surface area is 116 Å². The van der Waals surface area contributed by atoms with Crippen molar-refractivity contribution in [1.29, 1.82) is 0 Å². The van der Waals surface area contributed by atoms with Gasteiger partial charge < -0.3 is 0 Å². The topological polar surface area (TPSA) is 0 Å². The Bertz CT molecular complexity index is 337. The summed E-state index contributed by atoms with van der Waals surface area (Å²) < 4.78 is 1.46.